The van der Waals surface area contributed by atoms with Gasteiger partial charge in [0, 0.05) is 0 Å². The summed E-state index contributed by atoms with van der Waals surface area (Å²) < 4.78 is 5.58. The number of esters is 1. The second-order valence-corrected chi connectivity index (χ2v) is 4.87. The average molecular weight is 243 g/mol. The van der Waals surface area contributed by atoms with Gasteiger partial charge in [0.2, 0.25) is 5.88 Å². The Morgan fingerprint density at radius 3 is 2.93 bits per heavy atom. The maximum Gasteiger partial charge on any atom is 0.355 e. The lowest BCUT2D eigenvalue weighted by molar-refractivity contribution is 0.0733. The van der Waals surface area contributed by atoms with Crippen LogP contribution in [-0.4, -0.2) is 11.0 Å². The highest BCUT2D eigenvalue weighted by atomic mass is 32.2. The van der Waals surface area contributed by atoms with Crippen LogP contribution in [0.25, 0.3) is 0 Å². The zero-order valence-electron chi connectivity index (χ0n) is 6.84. The largest absolute Gasteiger partial charge is 0.402 e. The van der Waals surface area contributed by atoms with E-state index in [2.05, 4.69) is 17.6 Å². The second kappa shape index (κ2) is 4.12. The number of carbonyl (C=O) groups is 1. The fourth-order valence-electron chi connectivity index (χ4n) is 0.837. The molecule has 0 fully saturated rings. The molecule has 2 aromatic heterocycles. The van der Waals surface area contributed by atoms with Gasteiger partial charge in [0.25, 0.3) is 0 Å². The number of nitrogens with zero attached hydrogens (tertiary/aromatic N) is 1. The van der Waals surface area contributed by atoms with E-state index in [4.69, 9.17) is 4.74 Å². The van der Waals surface area contributed by atoms with E-state index in [1.807, 2.05) is 5.38 Å². The molecule has 14 heavy (non-hydrogen) atoms. The van der Waals surface area contributed by atoms with E-state index in [1.165, 1.54) is 22.7 Å². The number of carbonyl (C=O) groups excluding carboxylic acids is 1. The molecule has 0 saturated heterocycles. The van der Waals surface area contributed by atoms with E-state index in [0.717, 1.165) is 0 Å². The lowest BCUT2D eigenvalue weighted by Gasteiger charge is -1.96. The van der Waals surface area contributed by atoms with Gasteiger partial charge in [-0.1, -0.05) is 6.07 Å². The molecule has 6 heteroatoms. The first-order valence-electron chi connectivity index (χ1n) is 3.66. The van der Waals surface area contributed by atoms with Crippen LogP contribution in [0, 0.1) is 0 Å². The summed E-state index contributed by atoms with van der Waals surface area (Å²) >= 11 is 6.68. The van der Waals surface area contributed by atoms with Gasteiger partial charge in [-0.25, -0.2) is 4.79 Å². The van der Waals surface area contributed by atoms with Gasteiger partial charge in [0.1, 0.15) is 4.88 Å². The molecule has 0 aliphatic carbocycles. The standard InChI is InChI=1S/C8H5NO2S3/c10-7(5-2-1-3-13-5)11-6-4-14-8(12)9-6/h1-4H,(H,9,12). The van der Waals surface area contributed by atoms with Gasteiger partial charge in [-0.3, -0.25) is 0 Å². The lowest BCUT2D eigenvalue weighted by atomic mass is 10.5. The quantitative estimate of drug-likeness (QED) is 0.651. The van der Waals surface area contributed by atoms with Crippen molar-refractivity contribution in [3.63, 3.8) is 0 Å². The van der Waals surface area contributed by atoms with E-state index < -0.39 is 0 Å². The summed E-state index contributed by atoms with van der Waals surface area (Å²) in [4.78, 5) is 15.9. The van der Waals surface area contributed by atoms with E-state index in [9.17, 15) is 4.79 Å². The highest BCUT2D eigenvalue weighted by molar-refractivity contribution is 7.82. The van der Waals surface area contributed by atoms with E-state index in [1.54, 1.807) is 17.5 Å². The summed E-state index contributed by atoms with van der Waals surface area (Å²) in [5.74, 6) is -0.0722. The first-order chi connectivity index (χ1) is 6.75. The summed E-state index contributed by atoms with van der Waals surface area (Å²) in [6, 6.07) is 3.51. The Kier molecular flexibility index (Phi) is 2.85. The Bertz CT molecular complexity index is 435. The zero-order chi connectivity index (χ0) is 9.97. The smallest absolute Gasteiger partial charge is 0.355 e. The monoisotopic (exact) mass is 243 g/mol. The fraction of sp³-hybridized carbons (Fsp3) is 0. The van der Waals surface area contributed by atoms with Gasteiger partial charge in [-0.05, 0) is 11.4 Å². The number of hydrogen-bond acceptors (Lipinski definition) is 6. The van der Waals surface area contributed by atoms with Crippen molar-refractivity contribution in [2.24, 2.45) is 0 Å². The number of ether oxygens (including phenoxy) is 1. The van der Waals surface area contributed by atoms with Gasteiger partial charge < -0.3 is 4.74 Å². The lowest BCUT2D eigenvalue weighted by Crippen LogP contribution is -2.06. The fourth-order valence-corrected chi connectivity index (χ4v) is 2.14. The molecule has 2 heterocycles. The van der Waals surface area contributed by atoms with Crippen LogP contribution in [0.3, 0.4) is 0 Å². The van der Waals surface area contributed by atoms with Crippen molar-refractivity contribution in [1.29, 1.82) is 0 Å². The Morgan fingerprint density at radius 1 is 1.50 bits per heavy atom. The summed E-state index contributed by atoms with van der Waals surface area (Å²) in [7, 11) is 0. The molecule has 0 radical (unpaired) electrons. The third-order valence-corrected chi connectivity index (χ3v) is 3.28. The van der Waals surface area contributed by atoms with Crippen LogP contribution >= 0.6 is 35.3 Å². The second-order valence-electron chi connectivity index (χ2n) is 2.34. The van der Waals surface area contributed by atoms with Crippen molar-refractivity contribution in [2.75, 3.05) is 0 Å². The maximum absolute atomic E-state index is 11.4. The number of hydrogen-bond donors (Lipinski definition) is 1. The molecule has 72 valence electrons. The molecule has 0 N–H and O–H groups in total. The molecule has 0 aromatic carbocycles. The molecule has 0 bridgehead atoms. The molecule has 2 rings (SSSR count). The zero-order valence-corrected chi connectivity index (χ0v) is 9.36. The number of thiol groups is 1. The van der Waals surface area contributed by atoms with E-state index in [-0.39, 0.29) is 5.97 Å². The van der Waals surface area contributed by atoms with Crippen molar-refractivity contribution in [1.82, 2.24) is 4.98 Å². The highest BCUT2D eigenvalue weighted by Crippen LogP contribution is 2.20. The van der Waals surface area contributed by atoms with Crippen LogP contribution < -0.4 is 4.74 Å². The van der Waals surface area contributed by atoms with Crippen LogP contribution in [0.15, 0.2) is 27.2 Å². The number of thiazole rings is 1. The van der Waals surface area contributed by atoms with E-state index in [0.29, 0.717) is 15.1 Å². The van der Waals surface area contributed by atoms with Crippen LogP contribution in [0.1, 0.15) is 9.67 Å². The molecule has 3 nitrogen and oxygen atoms in total. The summed E-state index contributed by atoms with van der Waals surface area (Å²) in [5.41, 5.74) is 0. The van der Waals surface area contributed by atoms with Crippen LogP contribution in [0.5, 0.6) is 5.88 Å². The van der Waals surface area contributed by atoms with Crippen molar-refractivity contribution in [3.8, 4) is 5.88 Å². The number of aromatic nitrogens is 1. The molecule has 0 aliphatic heterocycles. The van der Waals surface area contributed by atoms with Crippen LogP contribution in [-0.2, 0) is 0 Å². The molecule has 0 spiro atoms. The average Bonchev–Trinajstić information content (AvgIpc) is 2.75. The van der Waals surface area contributed by atoms with Gasteiger partial charge in [-0.15, -0.1) is 35.3 Å². The molecular weight excluding hydrogens is 238 g/mol. The van der Waals surface area contributed by atoms with Crippen LogP contribution in [0.4, 0.5) is 0 Å². The predicted octanol–water partition coefficient (Wildman–Crippen LogP) is 2.71. The molecule has 0 atom stereocenters. The third-order valence-electron chi connectivity index (χ3n) is 1.39. The Hall–Kier alpha value is -0.850. The van der Waals surface area contributed by atoms with Crippen molar-refractivity contribution in [2.45, 2.75) is 4.34 Å². The van der Waals surface area contributed by atoms with Gasteiger partial charge in [-0.2, -0.15) is 4.98 Å². The normalized spacial score (nSPS) is 10.1. The van der Waals surface area contributed by atoms with Crippen molar-refractivity contribution in [3.05, 3.63) is 27.8 Å². The molecule has 0 saturated carbocycles. The van der Waals surface area contributed by atoms with Crippen LogP contribution in [0.2, 0.25) is 0 Å². The van der Waals surface area contributed by atoms with Gasteiger partial charge in [0.15, 0.2) is 4.34 Å². The Balaban J connectivity index is 2.09. The first-order valence-corrected chi connectivity index (χ1v) is 5.86. The SMILES string of the molecule is O=C(Oc1csc(S)n1)c1cccs1. The highest BCUT2D eigenvalue weighted by Gasteiger charge is 2.10. The summed E-state index contributed by atoms with van der Waals surface area (Å²) in [6.07, 6.45) is 0. The number of rotatable bonds is 2. The van der Waals surface area contributed by atoms with Gasteiger partial charge in [0.05, 0.1) is 5.38 Å². The van der Waals surface area contributed by atoms with Crippen molar-refractivity contribution < 1.29 is 9.53 Å². The minimum atomic E-state index is -0.376. The predicted molar refractivity (Wildman–Crippen MR) is 58.6 cm³/mol. The molecular formula is C8H5NO2S3. The molecule has 0 amide bonds. The molecule has 0 unspecified atom stereocenters. The minimum absolute atomic E-state index is 0.304. The van der Waals surface area contributed by atoms with E-state index >= 15 is 0 Å². The third kappa shape index (κ3) is 2.14. The van der Waals surface area contributed by atoms with Crippen molar-refractivity contribution >= 4 is 41.3 Å². The summed E-state index contributed by atoms with van der Waals surface area (Å²) in [5, 5.41) is 3.47. The minimum Gasteiger partial charge on any atom is -0.402 e. The Morgan fingerprint density at radius 2 is 2.36 bits per heavy atom. The molecule has 2 aromatic rings. The maximum atomic E-state index is 11.4. The Labute approximate surface area is 93.8 Å². The topological polar surface area (TPSA) is 39.2 Å². The first kappa shape index (κ1) is 9.70. The number of thiophene rings is 1. The summed E-state index contributed by atoms with van der Waals surface area (Å²) in [6.45, 7) is 0. The van der Waals surface area contributed by atoms with Gasteiger partial charge >= 0.3 is 5.97 Å². The molecule has 0 aliphatic rings.